The van der Waals surface area contributed by atoms with E-state index < -0.39 is 0 Å². The van der Waals surface area contributed by atoms with Gasteiger partial charge in [0.25, 0.3) is 0 Å². The van der Waals surface area contributed by atoms with Gasteiger partial charge in [-0.3, -0.25) is 0 Å². The Morgan fingerprint density at radius 3 is 2.47 bits per heavy atom. The maximum Gasteiger partial charge on any atom is 0.132 e. The van der Waals surface area contributed by atoms with Crippen LogP contribution in [0.5, 0.6) is 0 Å². The lowest BCUT2D eigenvalue weighted by atomic mass is 10.0. The first kappa shape index (κ1) is 10.8. The smallest absolute Gasteiger partial charge is 0.132 e. The molecule has 0 aliphatic heterocycles. The first-order valence-corrected chi connectivity index (χ1v) is 6.12. The zero-order valence-electron chi connectivity index (χ0n) is 9.44. The Hall–Kier alpha value is -1.32. The number of aromatic nitrogens is 2. The fourth-order valence-electron chi connectivity index (χ4n) is 1.98. The summed E-state index contributed by atoms with van der Waals surface area (Å²) >= 11 is 6.01. The van der Waals surface area contributed by atoms with E-state index in [-0.39, 0.29) is 5.54 Å². The summed E-state index contributed by atoms with van der Waals surface area (Å²) in [4.78, 5) is 0. The van der Waals surface area contributed by atoms with Crippen LogP contribution >= 0.6 is 11.6 Å². The van der Waals surface area contributed by atoms with Gasteiger partial charge in [-0.15, -0.1) is 0 Å². The second kappa shape index (κ2) is 3.86. The summed E-state index contributed by atoms with van der Waals surface area (Å²) in [5.74, 6) is 0. The molecule has 0 spiro atoms. The van der Waals surface area contributed by atoms with Crippen LogP contribution in [-0.4, -0.2) is 15.3 Å². The van der Waals surface area contributed by atoms with Gasteiger partial charge < -0.3 is 5.73 Å². The molecule has 0 atom stereocenters. The SMILES string of the molecule is NC1(Cc2ccc(-n3nccc3Cl)cc2)CC1. The van der Waals surface area contributed by atoms with Gasteiger partial charge in [0.1, 0.15) is 5.15 Å². The quantitative estimate of drug-likeness (QED) is 0.906. The second-order valence-corrected chi connectivity index (χ2v) is 5.16. The van der Waals surface area contributed by atoms with Crippen molar-refractivity contribution < 1.29 is 0 Å². The number of hydrogen-bond acceptors (Lipinski definition) is 2. The van der Waals surface area contributed by atoms with Crippen LogP contribution in [0.4, 0.5) is 0 Å². The predicted molar refractivity (Wildman–Crippen MR) is 68.4 cm³/mol. The average Bonchev–Trinajstić information content (AvgIpc) is 2.87. The molecule has 1 aliphatic rings. The normalized spacial score (nSPS) is 17.1. The third-order valence-electron chi connectivity index (χ3n) is 3.23. The lowest BCUT2D eigenvalue weighted by molar-refractivity contribution is 0.672. The summed E-state index contributed by atoms with van der Waals surface area (Å²) in [5.41, 5.74) is 8.41. The summed E-state index contributed by atoms with van der Waals surface area (Å²) in [6.45, 7) is 0. The first-order chi connectivity index (χ1) is 8.16. The summed E-state index contributed by atoms with van der Waals surface area (Å²) in [7, 11) is 0. The van der Waals surface area contributed by atoms with Gasteiger partial charge in [-0.2, -0.15) is 5.10 Å². The van der Waals surface area contributed by atoms with E-state index in [0.29, 0.717) is 5.15 Å². The highest BCUT2D eigenvalue weighted by atomic mass is 35.5. The van der Waals surface area contributed by atoms with Crippen molar-refractivity contribution in [2.75, 3.05) is 0 Å². The number of benzene rings is 1. The van der Waals surface area contributed by atoms with Gasteiger partial charge in [0, 0.05) is 5.54 Å². The van der Waals surface area contributed by atoms with Crippen molar-refractivity contribution >= 4 is 11.6 Å². The fourth-order valence-corrected chi connectivity index (χ4v) is 2.17. The Morgan fingerprint density at radius 1 is 1.24 bits per heavy atom. The van der Waals surface area contributed by atoms with E-state index in [1.807, 2.05) is 12.1 Å². The van der Waals surface area contributed by atoms with E-state index in [9.17, 15) is 0 Å². The van der Waals surface area contributed by atoms with Crippen LogP contribution in [0.25, 0.3) is 5.69 Å². The van der Waals surface area contributed by atoms with Crippen molar-refractivity contribution in [2.24, 2.45) is 5.73 Å². The third-order valence-corrected chi connectivity index (χ3v) is 3.51. The molecule has 0 bridgehead atoms. The molecule has 17 heavy (non-hydrogen) atoms. The van der Waals surface area contributed by atoms with Crippen LogP contribution in [0.1, 0.15) is 18.4 Å². The average molecular weight is 248 g/mol. The largest absolute Gasteiger partial charge is 0.325 e. The molecule has 88 valence electrons. The van der Waals surface area contributed by atoms with E-state index >= 15 is 0 Å². The lowest BCUT2D eigenvalue weighted by Gasteiger charge is -2.09. The molecule has 2 N–H and O–H groups in total. The van der Waals surface area contributed by atoms with Crippen LogP contribution in [0.2, 0.25) is 5.15 Å². The Morgan fingerprint density at radius 2 is 1.94 bits per heavy atom. The van der Waals surface area contributed by atoms with E-state index in [4.69, 9.17) is 17.3 Å². The molecular weight excluding hydrogens is 234 g/mol. The van der Waals surface area contributed by atoms with Gasteiger partial charge >= 0.3 is 0 Å². The molecule has 0 unspecified atom stereocenters. The summed E-state index contributed by atoms with van der Waals surface area (Å²) in [6, 6.07) is 10.0. The Balaban J connectivity index is 1.83. The van der Waals surface area contributed by atoms with Gasteiger partial charge in [-0.1, -0.05) is 23.7 Å². The van der Waals surface area contributed by atoms with Crippen molar-refractivity contribution in [3.8, 4) is 5.69 Å². The molecule has 3 nitrogen and oxygen atoms in total. The molecule has 0 radical (unpaired) electrons. The molecule has 0 amide bonds. The van der Waals surface area contributed by atoms with Crippen molar-refractivity contribution in [2.45, 2.75) is 24.8 Å². The van der Waals surface area contributed by atoms with Gasteiger partial charge in [-0.05, 0) is 43.0 Å². The number of nitrogens with zero attached hydrogens (tertiary/aromatic N) is 2. The van der Waals surface area contributed by atoms with E-state index in [1.165, 1.54) is 5.56 Å². The molecule has 1 aliphatic carbocycles. The van der Waals surface area contributed by atoms with Crippen LogP contribution < -0.4 is 5.73 Å². The van der Waals surface area contributed by atoms with Crippen molar-refractivity contribution in [1.29, 1.82) is 0 Å². The van der Waals surface area contributed by atoms with E-state index in [2.05, 4.69) is 17.2 Å². The summed E-state index contributed by atoms with van der Waals surface area (Å²) in [6.07, 6.45) is 4.93. The van der Waals surface area contributed by atoms with Crippen LogP contribution in [0.3, 0.4) is 0 Å². The zero-order chi connectivity index (χ0) is 11.9. The van der Waals surface area contributed by atoms with Crippen molar-refractivity contribution in [3.05, 3.63) is 47.2 Å². The van der Waals surface area contributed by atoms with Gasteiger partial charge in [0.05, 0.1) is 11.9 Å². The number of halogens is 1. The Bertz CT molecular complexity index is 526. The van der Waals surface area contributed by atoms with Gasteiger partial charge in [0.2, 0.25) is 0 Å². The first-order valence-electron chi connectivity index (χ1n) is 5.74. The third kappa shape index (κ3) is 2.21. The molecule has 1 saturated carbocycles. The molecule has 1 heterocycles. The van der Waals surface area contributed by atoms with Crippen LogP contribution in [0.15, 0.2) is 36.5 Å². The molecule has 1 fully saturated rings. The highest BCUT2D eigenvalue weighted by Gasteiger charge is 2.37. The van der Waals surface area contributed by atoms with E-state index in [1.54, 1.807) is 16.9 Å². The molecular formula is C13H14ClN3. The highest BCUT2D eigenvalue weighted by molar-refractivity contribution is 6.29. The Labute approximate surface area is 105 Å². The molecule has 2 aromatic rings. The van der Waals surface area contributed by atoms with Gasteiger partial charge in [-0.25, -0.2) is 4.68 Å². The number of hydrogen-bond donors (Lipinski definition) is 1. The molecule has 1 aromatic heterocycles. The molecule has 0 saturated heterocycles. The highest BCUT2D eigenvalue weighted by Crippen LogP contribution is 2.35. The second-order valence-electron chi connectivity index (χ2n) is 4.77. The minimum atomic E-state index is 0.0604. The minimum Gasteiger partial charge on any atom is -0.325 e. The number of rotatable bonds is 3. The lowest BCUT2D eigenvalue weighted by Crippen LogP contribution is -2.24. The van der Waals surface area contributed by atoms with Gasteiger partial charge in [0.15, 0.2) is 0 Å². The Kier molecular flexibility index (Phi) is 2.45. The molecule has 4 heteroatoms. The predicted octanol–water partition coefficient (Wildman–Crippen LogP) is 2.56. The standard InChI is InChI=1S/C13H14ClN3/c14-12-5-8-16-17(12)11-3-1-10(2-4-11)9-13(15)6-7-13/h1-5,8H,6-7,9,15H2. The minimum absolute atomic E-state index is 0.0604. The monoisotopic (exact) mass is 247 g/mol. The van der Waals surface area contributed by atoms with Crippen molar-refractivity contribution in [3.63, 3.8) is 0 Å². The van der Waals surface area contributed by atoms with Crippen LogP contribution in [-0.2, 0) is 6.42 Å². The maximum absolute atomic E-state index is 6.10. The zero-order valence-corrected chi connectivity index (χ0v) is 10.2. The number of nitrogens with two attached hydrogens (primary N) is 1. The molecule has 1 aromatic carbocycles. The topological polar surface area (TPSA) is 43.8 Å². The fraction of sp³-hybridized carbons (Fsp3) is 0.308. The van der Waals surface area contributed by atoms with Crippen LogP contribution in [0, 0.1) is 0 Å². The van der Waals surface area contributed by atoms with E-state index in [0.717, 1.165) is 24.9 Å². The summed E-state index contributed by atoms with van der Waals surface area (Å²) in [5, 5.41) is 4.78. The molecule has 3 rings (SSSR count). The summed E-state index contributed by atoms with van der Waals surface area (Å²) < 4.78 is 1.71. The van der Waals surface area contributed by atoms with Crippen molar-refractivity contribution in [1.82, 2.24) is 9.78 Å². The maximum atomic E-state index is 6.10.